The lowest BCUT2D eigenvalue weighted by atomic mass is 10.2. The molecule has 0 saturated carbocycles. The zero-order valence-electron chi connectivity index (χ0n) is 10.8. The molecule has 102 valence electrons. The third-order valence-corrected chi connectivity index (χ3v) is 2.78. The fourth-order valence-corrected chi connectivity index (χ4v) is 1.65. The van der Waals surface area contributed by atoms with Gasteiger partial charge in [0.25, 0.3) is 5.91 Å². The molecule has 20 heavy (non-hydrogen) atoms. The van der Waals surface area contributed by atoms with Gasteiger partial charge in [-0.05, 0) is 30.3 Å². The number of hydrogen-bond donors (Lipinski definition) is 2. The molecule has 0 spiro atoms. The first kappa shape index (κ1) is 13.5. The van der Waals surface area contributed by atoms with Crippen molar-refractivity contribution >= 4 is 17.5 Å². The molecule has 0 radical (unpaired) electrons. The highest BCUT2D eigenvalue weighted by Gasteiger charge is 2.07. The largest absolute Gasteiger partial charge is 0.366 e. The standard InChI is InChI=1S/C14H13N3O3/c1-17-8-10(4-7-12(17)18)14(20)16-11-5-2-9(3-6-11)13(15)19/h2-8H,1H3,(H2,15,19)(H,16,20). The van der Waals surface area contributed by atoms with Crippen molar-refractivity contribution in [3.63, 3.8) is 0 Å². The average molecular weight is 271 g/mol. The molecule has 0 aliphatic rings. The molecule has 0 atom stereocenters. The lowest BCUT2D eigenvalue weighted by molar-refractivity contribution is 0.0998. The molecule has 3 N–H and O–H groups in total. The molecular weight excluding hydrogens is 258 g/mol. The van der Waals surface area contributed by atoms with E-state index in [-0.39, 0.29) is 11.5 Å². The molecule has 1 heterocycles. The Bertz CT molecular complexity index is 717. The number of primary amides is 1. The summed E-state index contributed by atoms with van der Waals surface area (Å²) in [6.07, 6.45) is 1.45. The smallest absolute Gasteiger partial charge is 0.257 e. The van der Waals surface area contributed by atoms with Gasteiger partial charge in [-0.25, -0.2) is 0 Å². The van der Waals surface area contributed by atoms with Gasteiger partial charge in [0, 0.05) is 30.6 Å². The van der Waals surface area contributed by atoms with E-state index in [2.05, 4.69) is 5.32 Å². The minimum Gasteiger partial charge on any atom is -0.366 e. The minimum absolute atomic E-state index is 0.188. The molecule has 2 rings (SSSR count). The zero-order valence-corrected chi connectivity index (χ0v) is 10.8. The van der Waals surface area contributed by atoms with Gasteiger partial charge in [0.05, 0.1) is 5.56 Å². The maximum absolute atomic E-state index is 12.0. The van der Waals surface area contributed by atoms with Crippen LogP contribution in [0.5, 0.6) is 0 Å². The van der Waals surface area contributed by atoms with Crippen LogP contribution in [0.3, 0.4) is 0 Å². The molecule has 0 fully saturated rings. The Morgan fingerprint density at radius 1 is 1.05 bits per heavy atom. The van der Waals surface area contributed by atoms with Crippen LogP contribution in [0.4, 0.5) is 5.69 Å². The average Bonchev–Trinajstić information content (AvgIpc) is 2.42. The number of nitrogens with two attached hydrogens (primary N) is 1. The molecule has 1 aromatic carbocycles. The summed E-state index contributed by atoms with van der Waals surface area (Å²) in [6.45, 7) is 0. The van der Waals surface area contributed by atoms with E-state index in [1.807, 2.05) is 0 Å². The molecule has 0 aliphatic carbocycles. The summed E-state index contributed by atoms with van der Waals surface area (Å²) < 4.78 is 1.32. The Hall–Kier alpha value is -2.89. The lowest BCUT2D eigenvalue weighted by Crippen LogP contribution is -2.19. The van der Waals surface area contributed by atoms with Crippen LogP contribution in [0, 0.1) is 0 Å². The van der Waals surface area contributed by atoms with E-state index >= 15 is 0 Å². The fourth-order valence-electron chi connectivity index (χ4n) is 1.65. The van der Waals surface area contributed by atoms with Gasteiger partial charge in [-0.3, -0.25) is 14.4 Å². The van der Waals surface area contributed by atoms with Crippen molar-refractivity contribution in [2.24, 2.45) is 12.8 Å². The lowest BCUT2D eigenvalue weighted by Gasteiger charge is -2.06. The van der Waals surface area contributed by atoms with Crippen molar-refractivity contribution in [2.75, 3.05) is 5.32 Å². The monoisotopic (exact) mass is 271 g/mol. The van der Waals surface area contributed by atoms with Gasteiger partial charge < -0.3 is 15.6 Å². The van der Waals surface area contributed by atoms with Crippen LogP contribution in [-0.4, -0.2) is 16.4 Å². The van der Waals surface area contributed by atoms with Gasteiger partial charge >= 0.3 is 0 Å². The third kappa shape index (κ3) is 2.92. The van der Waals surface area contributed by atoms with Crippen molar-refractivity contribution in [3.05, 3.63) is 64.1 Å². The highest BCUT2D eigenvalue weighted by Crippen LogP contribution is 2.10. The number of nitrogens with one attached hydrogen (secondary N) is 1. The molecule has 0 unspecified atom stereocenters. The Balaban J connectivity index is 2.16. The van der Waals surface area contributed by atoms with Crippen molar-refractivity contribution < 1.29 is 9.59 Å². The molecule has 6 heteroatoms. The summed E-state index contributed by atoms with van der Waals surface area (Å²) in [6, 6.07) is 9.00. The highest BCUT2D eigenvalue weighted by molar-refractivity contribution is 6.04. The van der Waals surface area contributed by atoms with Crippen molar-refractivity contribution in [3.8, 4) is 0 Å². The van der Waals surface area contributed by atoms with E-state index in [4.69, 9.17) is 5.73 Å². The quantitative estimate of drug-likeness (QED) is 0.861. The van der Waals surface area contributed by atoms with Crippen molar-refractivity contribution in [2.45, 2.75) is 0 Å². The molecule has 1 aromatic heterocycles. The summed E-state index contributed by atoms with van der Waals surface area (Å²) in [5, 5.41) is 2.66. The van der Waals surface area contributed by atoms with Crippen molar-refractivity contribution in [1.82, 2.24) is 4.57 Å². The third-order valence-electron chi connectivity index (χ3n) is 2.78. The number of rotatable bonds is 3. The molecule has 2 aromatic rings. The molecule has 2 amide bonds. The number of benzene rings is 1. The summed E-state index contributed by atoms with van der Waals surface area (Å²) in [5.74, 6) is -0.867. The van der Waals surface area contributed by atoms with Crippen LogP contribution in [0.2, 0.25) is 0 Å². The summed E-state index contributed by atoms with van der Waals surface area (Å²) >= 11 is 0. The predicted octanol–water partition coefficient (Wildman–Crippen LogP) is 0.737. The fraction of sp³-hybridized carbons (Fsp3) is 0.0714. The normalized spacial score (nSPS) is 10.1. The van der Waals surface area contributed by atoms with E-state index in [1.165, 1.54) is 35.0 Å². The number of anilines is 1. The van der Waals surface area contributed by atoms with Gasteiger partial charge in [-0.15, -0.1) is 0 Å². The van der Waals surface area contributed by atoms with E-state index in [9.17, 15) is 14.4 Å². The summed E-state index contributed by atoms with van der Waals surface area (Å²) in [7, 11) is 1.57. The summed E-state index contributed by atoms with van der Waals surface area (Å²) in [5.41, 5.74) is 6.21. The Kier molecular flexibility index (Phi) is 3.65. The van der Waals surface area contributed by atoms with Crippen LogP contribution < -0.4 is 16.6 Å². The number of pyridine rings is 1. The number of carbonyl (C=O) groups is 2. The van der Waals surface area contributed by atoms with Crippen LogP contribution >= 0.6 is 0 Å². The van der Waals surface area contributed by atoms with Crippen LogP contribution in [-0.2, 0) is 7.05 Å². The summed E-state index contributed by atoms with van der Waals surface area (Å²) in [4.78, 5) is 34.1. The Morgan fingerprint density at radius 3 is 2.20 bits per heavy atom. The first-order valence-electron chi connectivity index (χ1n) is 5.85. The second-order valence-corrected chi connectivity index (χ2v) is 4.26. The van der Waals surface area contributed by atoms with Crippen molar-refractivity contribution in [1.29, 1.82) is 0 Å². The maximum Gasteiger partial charge on any atom is 0.257 e. The number of aryl methyl sites for hydroxylation is 1. The van der Waals surface area contributed by atoms with Crippen LogP contribution in [0.15, 0.2) is 47.4 Å². The predicted molar refractivity (Wildman–Crippen MR) is 74.6 cm³/mol. The molecule has 0 aliphatic heterocycles. The van der Waals surface area contributed by atoms with E-state index in [0.29, 0.717) is 16.8 Å². The number of amides is 2. The molecular formula is C14H13N3O3. The van der Waals surface area contributed by atoms with Gasteiger partial charge in [0.1, 0.15) is 0 Å². The second kappa shape index (κ2) is 5.40. The van der Waals surface area contributed by atoms with E-state index < -0.39 is 5.91 Å². The number of hydrogen-bond acceptors (Lipinski definition) is 3. The minimum atomic E-state index is -0.527. The number of carbonyl (C=O) groups excluding carboxylic acids is 2. The highest BCUT2D eigenvalue weighted by atomic mass is 16.2. The zero-order chi connectivity index (χ0) is 14.7. The van der Waals surface area contributed by atoms with Gasteiger partial charge in [-0.2, -0.15) is 0 Å². The maximum atomic E-state index is 12.0. The van der Waals surface area contributed by atoms with Crippen LogP contribution in [0.1, 0.15) is 20.7 Å². The number of aromatic nitrogens is 1. The SMILES string of the molecule is Cn1cc(C(=O)Nc2ccc(C(N)=O)cc2)ccc1=O. The topological polar surface area (TPSA) is 94.2 Å². The molecule has 0 bridgehead atoms. The Labute approximate surface area is 114 Å². The van der Waals surface area contributed by atoms with Gasteiger partial charge in [0.2, 0.25) is 11.5 Å². The Morgan fingerprint density at radius 2 is 1.65 bits per heavy atom. The van der Waals surface area contributed by atoms with E-state index in [0.717, 1.165) is 0 Å². The molecule has 6 nitrogen and oxygen atoms in total. The first-order valence-corrected chi connectivity index (χ1v) is 5.85. The van der Waals surface area contributed by atoms with Gasteiger partial charge in [-0.1, -0.05) is 0 Å². The second-order valence-electron chi connectivity index (χ2n) is 4.26. The molecule has 0 saturated heterocycles. The van der Waals surface area contributed by atoms with E-state index in [1.54, 1.807) is 19.2 Å². The number of nitrogens with zero attached hydrogens (tertiary/aromatic N) is 1. The first-order chi connectivity index (χ1) is 9.47. The van der Waals surface area contributed by atoms with Crippen LogP contribution in [0.25, 0.3) is 0 Å². The van der Waals surface area contributed by atoms with Gasteiger partial charge in [0.15, 0.2) is 0 Å².